The molecule has 1 aromatic rings. The van der Waals surface area contributed by atoms with E-state index in [9.17, 15) is 4.79 Å². The first kappa shape index (κ1) is 13.6. The summed E-state index contributed by atoms with van der Waals surface area (Å²) in [5, 5.41) is 3.34. The highest BCUT2D eigenvalue weighted by atomic mass is 16.2. The van der Waals surface area contributed by atoms with Crippen molar-refractivity contribution < 1.29 is 4.79 Å². The molecule has 2 aliphatic rings. The number of amides is 1. The molecule has 20 heavy (non-hydrogen) atoms. The summed E-state index contributed by atoms with van der Waals surface area (Å²) in [5.74, 6) is 1.66. The molecule has 1 amide bonds. The van der Waals surface area contributed by atoms with Crippen LogP contribution in [-0.4, -0.2) is 23.9 Å². The van der Waals surface area contributed by atoms with E-state index < -0.39 is 0 Å². The van der Waals surface area contributed by atoms with Gasteiger partial charge in [-0.05, 0) is 29.4 Å². The standard InChI is InChI=1S/C17H24N2O/c1-12(2)14-5-7-15(8-6-14)17-18-11-16(20)19(17)10-9-13-3-4-13/h5-8,12-13,17-18H,3-4,9-11H2,1-2H3. The van der Waals surface area contributed by atoms with Crippen LogP contribution in [0, 0.1) is 5.92 Å². The molecule has 0 bridgehead atoms. The molecular weight excluding hydrogens is 248 g/mol. The van der Waals surface area contributed by atoms with Crippen LogP contribution in [0.5, 0.6) is 0 Å². The van der Waals surface area contributed by atoms with Crippen LogP contribution in [0.25, 0.3) is 0 Å². The van der Waals surface area contributed by atoms with Crippen LogP contribution in [0.1, 0.15) is 56.3 Å². The molecule has 0 aromatic heterocycles. The van der Waals surface area contributed by atoms with Gasteiger partial charge in [0.25, 0.3) is 0 Å². The molecule has 1 unspecified atom stereocenters. The molecule has 1 aromatic carbocycles. The number of carbonyl (C=O) groups is 1. The molecule has 1 aliphatic carbocycles. The average molecular weight is 272 g/mol. The molecule has 1 saturated carbocycles. The first-order chi connectivity index (χ1) is 9.65. The van der Waals surface area contributed by atoms with E-state index in [1.54, 1.807) is 0 Å². The monoisotopic (exact) mass is 272 g/mol. The summed E-state index contributed by atoms with van der Waals surface area (Å²) in [7, 11) is 0. The van der Waals surface area contributed by atoms with Gasteiger partial charge >= 0.3 is 0 Å². The van der Waals surface area contributed by atoms with E-state index in [1.807, 2.05) is 4.90 Å². The lowest BCUT2D eigenvalue weighted by atomic mass is 10.0. The van der Waals surface area contributed by atoms with Crippen molar-refractivity contribution >= 4 is 5.91 Å². The highest BCUT2D eigenvalue weighted by molar-refractivity contribution is 5.80. The van der Waals surface area contributed by atoms with Crippen molar-refractivity contribution in [3.8, 4) is 0 Å². The van der Waals surface area contributed by atoms with Crippen molar-refractivity contribution in [1.29, 1.82) is 0 Å². The topological polar surface area (TPSA) is 32.3 Å². The van der Waals surface area contributed by atoms with Gasteiger partial charge in [0.05, 0.1) is 6.54 Å². The second-order valence-electron chi connectivity index (χ2n) is 6.42. The molecule has 108 valence electrons. The van der Waals surface area contributed by atoms with Crippen LogP contribution in [0.15, 0.2) is 24.3 Å². The zero-order valence-electron chi connectivity index (χ0n) is 12.4. The Morgan fingerprint density at radius 3 is 2.55 bits per heavy atom. The van der Waals surface area contributed by atoms with Crippen LogP contribution in [0.4, 0.5) is 0 Å². The number of hydrogen-bond acceptors (Lipinski definition) is 2. The summed E-state index contributed by atoms with van der Waals surface area (Å²) in [5.41, 5.74) is 2.55. The minimum absolute atomic E-state index is 0.0717. The molecule has 2 fully saturated rings. The third-order valence-corrected chi connectivity index (χ3v) is 4.47. The summed E-state index contributed by atoms with van der Waals surface area (Å²) in [6.45, 7) is 5.77. The molecule has 0 spiro atoms. The molecule has 3 rings (SSSR count). The van der Waals surface area contributed by atoms with Crippen molar-refractivity contribution in [2.24, 2.45) is 5.92 Å². The first-order valence-corrected chi connectivity index (χ1v) is 7.78. The Labute approximate surface area is 121 Å². The highest BCUT2D eigenvalue weighted by Crippen LogP contribution is 2.34. The van der Waals surface area contributed by atoms with Gasteiger partial charge in [0, 0.05) is 6.54 Å². The summed E-state index contributed by atoms with van der Waals surface area (Å²) in [4.78, 5) is 14.0. The van der Waals surface area contributed by atoms with Gasteiger partial charge in [0.15, 0.2) is 0 Å². The average Bonchev–Trinajstić information content (AvgIpc) is 3.20. The molecular formula is C17H24N2O. The molecule has 1 heterocycles. The summed E-state index contributed by atoms with van der Waals surface area (Å²) in [6, 6.07) is 8.69. The van der Waals surface area contributed by atoms with Crippen molar-refractivity contribution in [2.45, 2.75) is 45.2 Å². The van der Waals surface area contributed by atoms with Crippen molar-refractivity contribution in [2.75, 3.05) is 13.1 Å². The smallest absolute Gasteiger partial charge is 0.238 e. The maximum Gasteiger partial charge on any atom is 0.238 e. The van der Waals surface area contributed by atoms with E-state index in [-0.39, 0.29) is 12.1 Å². The Balaban J connectivity index is 1.71. The molecule has 1 aliphatic heterocycles. The fraction of sp³-hybridized carbons (Fsp3) is 0.588. The number of benzene rings is 1. The number of rotatable bonds is 5. The number of carbonyl (C=O) groups excluding carboxylic acids is 1. The van der Waals surface area contributed by atoms with Crippen molar-refractivity contribution in [3.05, 3.63) is 35.4 Å². The summed E-state index contributed by atoms with van der Waals surface area (Å²) >= 11 is 0. The fourth-order valence-corrected chi connectivity index (χ4v) is 2.88. The molecule has 0 radical (unpaired) electrons. The summed E-state index contributed by atoms with van der Waals surface area (Å²) < 4.78 is 0. The second kappa shape index (κ2) is 5.57. The SMILES string of the molecule is CC(C)c1ccc(C2NCC(=O)N2CCC2CC2)cc1. The predicted molar refractivity (Wildman–Crippen MR) is 80.3 cm³/mol. The molecule has 1 N–H and O–H groups in total. The summed E-state index contributed by atoms with van der Waals surface area (Å²) in [6.07, 6.45) is 3.93. The van der Waals surface area contributed by atoms with Crippen LogP contribution in [0.3, 0.4) is 0 Å². The zero-order valence-corrected chi connectivity index (χ0v) is 12.4. The molecule has 3 nitrogen and oxygen atoms in total. The minimum Gasteiger partial charge on any atom is -0.322 e. The Morgan fingerprint density at radius 1 is 1.25 bits per heavy atom. The Bertz CT molecular complexity index is 476. The van der Waals surface area contributed by atoms with E-state index in [4.69, 9.17) is 0 Å². The van der Waals surface area contributed by atoms with Crippen LogP contribution in [0.2, 0.25) is 0 Å². The predicted octanol–water partition coefficient (Wildman–Crippen LogP) is 3.04. The molecule has 1 saturated heterocycles. The molecule has 3 heteroatoms. The zero-order chi connectivity index (χ0) is 14.1. The van der Waals surface area contributed by atoms with Crippen LogP contribution < -0.4 is 5.32 Å². The van der Waals surface area contributed by atoms with Gasteiger partial charge in [-0.15, -0.1) is 0 Å². The number of nitrogens with zero attached hydrogens (tertiary/aromatic N) is 1. The van der Waals surface area contributed by atoms with Gasteiger partial charge in [-0.1, -0.05) is 51.0 Å². The van der Waals surface area contributed by atoms with E-state index in [2.05, 4.69) is 43.4 Å². The highest BCUT2D eigenvalue weighted by Gasteiger charge is 2.32. The Hall–Kier alpha value is -1.35. The van der Waals surface area contributed by atoms with E-state index in [0.29, 0.717) is 12.5 Å². The van der Waals surface area contributed by atoms with Gasteiger partial charge in [-0.3, -0.25) is 10.1 Å². The van der Waals surface area contributed by atoms with Gasteiger partial charge in [-0.25, -0.2) is 0 Å². The van der Waals surface area contributed by atoms with Gasteiger partial charge < -0.3 is 4.90 Å². The lowest BCUT2D eigenvalue weighted by Crippen LogP contribution is -2.31. The normalized spacial score (nSPS) is 22.9. The third kappa shape index (κ3) is 2.88. The lowest BCUT2D eigenvalue weighted by molar-refractivity contribution is -0.128. The van der Waals surface area contributed by atoms with Crippen molar-refractivity contribution in [3.63, 3.8) is 0 Å². The first-order valence-electron chi connectivity index (χ1n) is 7.78. The van der Waals surface area contributed by atoms with E-state index in [0.717, 1.165) is 18.9 Å². The quantitative estimate of drug-likeness (QED) is 0.893. The van der Waals surface area contributed by atoms with Crippen LogP contribution in [-0.2, 0) is 4.79 Å². The van der Waals surface area contributed by atoms with Gasteiger partial charge in [0.1, 0.15) is 6.17 Å². The lowest BCUT2D eigenvalue weighted by Gasteiger charge is -2.25. The number of hydrogen-bond donors (Lipinski definition) is 1. The van der Waals surface area contributed by atoms with Crippen LogP contribution >= 0.6 is 0 Å². The van der Waals surface area contributed by atoms with Gasteiger partial charge in [0.2, 0.25) is 5.91 Å². The Kier molecular flexibility index (Phi) is 3.79. The Morgan fingerprint density at radius 2 is 1.95 bits per heavy atom. The minimum atomic E-state index is 0.0717. The largest absolute Gasteiger partial charge is 0.322 e. The fourth-order valence-electron chi connectivity index (χ4n) is 2.88. The third-order valence-electron chi connectivity index (χ3n) is 4.47. The second-order valence-corrected chi connectivity index (χ2v) is 6.42. The van der Waals surface area contributed by atoms with E-state index in [1.165, 1.54) is 24.0 Å². The van der Waals surface area contributed by atoms with Crippen molar-refractivity contribution in [1.82, 2.24) is 10.2 Å². The maximum atomic E-state index is 12.0. The maximum absolute atomic E-state index is 12.0. The van der Waals surface area contributed by atoms with Gasteiger partial charge in [-0.2, -0.15) is 0 Å². The van der Waals surface area contributed by atoms with E-state index >= 15 is 0 Å². The number of nitrogens with one attached hydrogen (secondary N) is 1. The molecule has 1 atom stereocenters.